The number of rotatable bonds is 4. The second-order valence-corrected chi connectivity index (χ2v) is 5.43. The molecule has 2 amide bonds. The number of aryl methyl sites for hydroxylation is 1. The molecule has 2 aromatic heterocycles. The Kier molecular flexibility index (Phi) is 4.56. The first-order valence-electron chi connectivity index (χ1n) is 7.79. The fourth-order valence-electron chi connectivity index (χ4n) is 2.35. The topological polar surface area (TPSA) is 78.9 Å². The Morgan fingerprint density at radius 3 is 2.67 bits per heavy atom. The van der Waals surface area contributed by atoms with E-state index in [9.17, 15) is 4.79 Å². The third kappa shape index (κ3) is 3.60. The summed E-state index contributed by atoms with van der Waals surface area (Å²) in [6.45, 7) is 4.43. The van der Waals surface area contributed by atoms with Crippen LogP contribution in [-0.2, 0) is 0 Å². The van der Waals surface area contributed by atoms with Crippen LogP contribution in [0.1, 0.15) is 12.5 Å². The third-order valence-electron chi connectivity index (χ3n) is 3.52. The number of urea groups is 1. The summed E-state index contributed by atoms with van der Waals surface area (Å²) in [6.07, 6.45) is 3.56. The summed E-state index contributed by atoms with van der Waals surface area (Å²) in [7, 11) is 0. The summed E-state index contributed by atoms with van der Waals surface area (Å²) in [5.41, 5.74) is 2.03. The monoisotopic (exact) mass is 321 g/mol. The quantitative estimate of drug-likeness (QED) is 0.682. The second-order valence-electron chi connectivity index (χ2n) is 5.43. The van der Waals surface area contributed by atoms with Gasteiger partial charge in [-0.05, 0) is 43.0 Å². The van der Waals surface area contributed by atoms with E-state index in [0.717, 1.165) is 27.8 Å². The molecule has 2 heterocycles. The first kappa shape index (κ1) is 15.7. The van der Waals surface area contributed by atoms with Crippen LogP contribution in [0.5, 0.6) is 0 Å². The van der Waals surface area contributed by atoms with Gasteiger partial charge in [0.15, 0.2) is 0 Å². The first-order chi connectivity index (χ1) is 11.7. The van der Waals surface area contributed by atoms with Crippen LogP contribution in [0.3, 0.4) is 0 Å². The molecule has 0 spiro atoms. The van der Waals surface area contributed by atoms with Crippen LogP contribution in [0.15, 0.2) is 48.8 Å². The molecule has 0 unspecified atom stereocenters. The first-order valence-corrected chi connectivity index (χ1v) is 7.79. The number of benzene rings is 1. The van der Waals surface area contributed by atoms with Crippen molar-refractivity contribution >= 4 is 34.1 Å². The van der Waals surface area contributed by atoms with Gasteiger partial charge in [-0.15, -0.1) is 0 Å². The summed E-state index contributed by atoms with van der Waals surface area (Å²) >= 11 is 0. The molecular formula is C18H19N5O. The fourth-order valence-corrected chi connectivity index (χ4v) is 2.35. The van der Waals surface area contributed by atoms with Crippen LogP contribution in [-0.4, -0.2) is 22.5 Å². The van der Waals surface area contributed by atoms with Crippen LogP contribution in [0.2, 0.25) is 0 Å². The Morgan fingerprint density at radius 1 is 1.08 bits per heavy atom. The number of amides is 2. The Hall–Kier alpha value is -3.15. The van der Waals surface area contributed by atoms with Gasteiger partial charge in [0.2, 0.25) is 0 Å². The summed E-state index contributed by atoms with van der Waals surface area (Å²) < 4.78 is 0. The van der Waals surface area contributed by atoms with Crippen LogP contribution in [0.4, 0.5) is 22.1 Å². The minimum Gasteiger partial charge on any atom is -0.340 e. The average Bonchev–Trinajstić information content (AvgIpc) is 2.57. The zero-order valence-corrected chi connectivity index (χ0v) is 13.6. The minimum atomic E-state index is -0.262. The number of carbonyl (C=O) groups is 1. The van der Waals surface area contributed by atoms with Gasteiger partial charge in [0, 0.05) is 30.0 Å². The summed E-state index contributed by atoms with van der Waals surface area (Å²) in [6, 6.07) is 11.4. The molecule has 0 aliphatic carbocycles. The van der Waals surface area contributed by atoms with Crippen molar-refractivity contribution in [3.8, 4) is 0 Å². The standard InChI is InChI=1S/C18H19N5O/c1-3-19-18(24)23-17-9-13-5-4-6-15(14(13)11-21-17)22-16-8-7-12(2)10-20-16/h4-11H,3H2,1-2H3,(H,20,22)(H2,19,21,23,24). The predicted octanol–water partition coefficient (Wildman–Crippen LogP) is 3.82. The van der Waals surface area contributed by atoms with E-state index in [1.807, 2.05) is 56.4 Å². The maximum Gasteiger partial charge on any atom is 0.320 e. The van der Waals surface area contributed by atoms with Gasteiger partial charge in [0.05, 0.1) is 0 Å². The minimum absolute atomic E-state index is 0.262. The van der Waals surface area contributed by atoms with E-state index in [2.05, 4.69) is 25.9 Å². The van der Waals surface area contributed by atoms with Crippen molar-refractivity contribution in [3.63, 3.8) is 0 Å². The van der Waals surface area contributed by atoms with Gasteiger partial charge in [-0.1, -0.05) is 18.2 Å². The smallest absolute Gasteiger partial charge is 0.320 e. The molecule has 3 N–H and O–H groups in total. The van der Waals surface area contributed by atoms with E-state index >= 15 is 0 Å². The highest BCUT2D eigenvalue weighted by Gasteiger charge is 2.06. The molecule has 24 heavy (non-hydrogen) atoms. The van der Waals surface area contributed by atoms with Crippen molar-refractivity contribution in [3.05, 3.63) is 54.4 Å². The largest absolute Gasteiger partial charge is 0.340 e. The Balaban J connectivity index is 1.87. The van der Waals surface area contributed by atoms with Gasteiger partial charge in [-0.3, -0.25) is 5.32 Å². The van der Waals surface area contributed by atoms with Gasteiger partial charge in [-0.25, -0.2) is 14.8 Å². The van der Waals surface area contributed by atoms with Crippen molar-refractivity contribution in [2.75, 3.05) is 17.2 Å². The van der Waals surface area contributed by atoms with Crippen LogP contribution in [0, 0.1) is 6.92 Å². The zero-order valence-electron chi connectivity index (χ0n) is 13.6. The van der Waals surface area contributed by atoms with Gasteiger partial charge < -0.3 is 10.6 Å². The van der Waals surface area contributed by atoms with E-state index < -0.39 is 0 Å². The normalized spacial score (nSPS) is 10.4. The summed E-state index contributed by atoms with van der Waals surface area (Å²) in [4.78, 5) is 20.3. The van der Waals surface area contributed by atoms with E-state index in [1.165, 1.54) is 0 Å². The Morgan fingerprint density at radius 2 is 1.92 bits per heavy atom. The molecule has 0 bridgehead atoms. The molecule has 122 valence electrons. The average molecular weight is 321 g/mol. The van der Waals surface area contributed by atoms with E-state index in [-0.39, 0.29) is 6.03 Å². The highest BCUT2D eigenvalue weighted by Crippen LogP contribution is 2.26. The molecule has 0 aliphatic heterocycles. The predicted molar refractivity (Wildman–Crippen MR) is 96.7 cm³/mol. The molecular weight excluding hydrogens is 302 g/mol. The molecule has 0 saturated carbocycles. The zero-order chi connectivity index (χ0) is 16.9. The lowest BCUT2D eigenvalue weighted by Gasteiger charge is -2.11. The molecule has 6 nitrogen and oxygen atoms in total. The highest BCUT2D eigenvalue weighted by atomic mass is 16.2. The molecule has 0 saturated heterocycles. The van der Waals surface area contributed by atoms with Gasteiger partial charge >= 0.3 is 6.03 Å². The number of pyridine rings is 2. The van der Waals surface area contributed by atoms with Gasteiger partial charge in [-0.2, -0.15) is 0 Å². The van der Waals surface area contributed by atoms with Gasteiger partial charge in [0.1, 0.15) is 11.6 Å². The lowest BCUT2D eigenvalue weighted by atomic mass is 10.1. The SMILES string of the molecule is CCNC(=O)Nc1cc2cccc(Nc3ccc(C)cn3)c2cn1. The van der Waals surface area contributed by atoms with E-state index in [1.54, 1.807) is 6.20 Å². The number of carbonyl (C=O) groups excluding carboxylic acids is 1. The number of anilines is 3. The van der Waals surface area contributed by atoms with Crippen LogP contribution < -0.4 is 16.0 Å². The van der Waals surface area contributed by atoms with Crippen molar-refractivity contribution in [1.29, 1.82) is 0 Å². The van der Waals surface area contributed by atoms with E-state index in [0.29, 0.717) is 12.4 Å². The van der Waals surface area contributed by atoms with Crippen molar-refractivity contribution < 1.29 is 4.79 Å². The lowest BCUT2D eigenvalue weighted by molar-refractivity contribution is 0.252. The number of hydrogen-bond acceptors (Lipinski definition) is 4. The highest BCUT2D eigenvalue weighted by molar-refractivity contribution is 5.97. The Bertz CT molecular complexity index is 861. The second kappa shape index (κ2) is 6.95. The van der Waals surface area contributed by atoms with Crippen molar-refractivity contribution in [1.82, 2.24) is 15.3 Å². The number of hydrogen-bond donors (Lipinski definition) is 3. The van der Waals surface area contributed by atoms with E-state index in [4.69, 9.17) is 0 Å². The van der Waals surface area contributed by atoms with Crippen LogP contribution >= 0.6 is 0 Å². The number of nitrogens with one attached hydrogen (secondary N) is 3. The maximum absolute atomic E-state index is 11.6. The third-order valence-corrected chi connectivity index (χ3v) is 3.52. The number of aromatic nitrogens is 2. The lowest BCUT2D eigenvalue weighted by Crippen LogP contribution is -2.28. The molecule has 1 aromatic carbocycles. The Labute approximate surface area is 140 Å². The van der Waals surface area contributed by atoms with Gasteiger partial charge in [0.25, 0.3) is 0 Å². The van der Waals surface area contributed by atoms with Crippen molar-refractivity contribution in [2.45, 2.75) is 13.8 Å². The summed E-state index contributed by atoms with van der Waals surface area (Å²) in [5, 5.41) is 10.6. The molecule has 0 radical (unpaired) electrons. The summed E-state index contributed by atoms with van der Waals surface area (Å²) in [5.74, 6) is 1.29. The molecule has 0 atom stereocenters. The number of nitrogens with zero attached hydrogens (tertiary/aromatic N) is 2. The molecule has 3 aromatic rings. The molecule has 3 rings (SSSR count). The molecule has 0 aliphatic rings. The number of fused-ring (bicyclic) bond motifs is 1. The molecule has 0 fully saturated rings. The van der Waals surface area contributed by atoms with Crippen molar-refractivity contribution in [2.24, 2.45) is 0 Å². The maximum atomic E-state index is 11.6. The fraction of sp³-hybridized carbons (Fsp3) is 0.167. The molecule has 6 heteroatoms. The van der Waals surface area contributed by atoms with Crippen LogP contribution in [0.25, 0.3) is 10.8 Å².